The number of hydrogen-bond donors (Lipinski definition) is 2. The Bertz CT molecular complexity index is 1310. The van der Waals surface area contributed by atoms with Crippen molar-refractivity contribution in [2.24, 2.45) is 0 Å². The van der Waals surface area contributed by atoms with Crippen molar-refractivity contribution in [1.29, 1.82) is 0 Å². The predicted octanol–water partition coefficient (Wildman–Crippen LogP) is 3.63. The quantitative estimate of drug-likeness (QED) is 0.396. The third-order valence-electron chi connectivity index (χ3n) is 7.38. The van der Waals surface area contributed by atoms with E-state index in [2.05, 4.69) is 54.6 Å². The molecule has 0 radical (unpaired) electrons. The van der Waals surface area contributed by atoms with Crippen LogP contribution in [0, 0.1) is 0 Å². The van der Waals surface area contributed by atoms with E-state index in [1.807, 2.05) is 18.3 Å². The summed E-state index contributed by atoms with van der Waals surface area (Å²) in [7, 11) is 0. The molecule has 0 bridgehead atoms. The van der Waals surface area contributed by atoms with Crippen LogP contribution >= 0.6 is 15.9 Å². The van der Waals surface area contributed by atoms with Gasteiger partial charge in [0.25, 0.3) is 0 Å². The highest BCUT2D eigenvalue weighted by Crippen LogP contribution is 2.33. The van der Waals surface area contributed by atoms with Crippen LogP contribution in [0.2, 0.25) is 0 Å². The number of rotatable bonds is 7. The van der Waals surface area contributed by atoms with Crippen molar-refractivity contribution in [2.75, 3.05) is 69.3 Å². The Hall–Kier alpha value is -2.99. The molecule has 3 aliphatic heterocycles. The number of morpholine rings is 2. The van der Waals surface area contributed by atoms with E-state index < -0.39 is 0 Å². The van der Waals surface area contributed by atoms with E-state index in [1.165, 1.54) is 0 Å². The van der Waals surface area contributed by atoms with Gasteiger partial charge in [0.2, 0.25) is 12.4 Å². The smallest absolute Gasteiger partial charge is 0.227 e. The van der Waals surface area contributed by atoms with Crippen molar-refractivity contribution in [2.45, 2.75) is 25.0 Å². The van der Waals surface area contributed by atoms with Crippen LogP contribution in [-0.2, 0) is 14.3 Å². The zero-order valence-corrected chi connectivity index (χ0v) is 23.4. The number of carbonyl (C=O) groups is 1. The fourth-order valence-electron chi connectivity index (χ4n) is 5.31. The molecule has 11 heteroatoms. The minimum Gasteiger partial charge on any atom is -0.488 e. The lowest BCUT2D eigenvalue weighted by molar-refractivity contribution is -0.125. The van der Waals surface area contributed by atoms with Crippen molar-refractivity contribution in [3.8, 4) is 5.75 Å². The first-order chi connectivity index (χ1) is 19.1. The highest BCUT2D eigenvalue weighted by atomic mass is 79.9. The molecule has 1 unspecified atom stereocenters. The molecule has 1 atom stereocenters. The maximum atomic E-state index is 11.4. The first-order valence-electron chi connectivity index (χ1n) is 13.5. The Morgan fingerprint density at radius 2 is 1.92 bits per heavy atom. The maximum Gasteiger partial charge on any atom is 0.227 e. The number of amides is 1. The second-order valence-electron chi connectivity index (χ2n) is 10.1. The van der Waals surface area contributed by atoms with Gasteiger partial charge in [-0.05, 0) is 61.8 Å². The van der Waals surface area contributed by atoms with Crippen LogP contribution in [0.5, 0.6) is 5.75 Å². The number of piperidine rings is 1. The lowest BCUT2D eigenvalue weighted by Gasteiger charge is -2.33. The lowest BCUT2D eigenvalue weighted by Crippen LogP contribution is -2.38. The first kappa shape index (κ1) is 26.2. The van der Waals surface area contributed by atoms with Crippen molar-refractivity contribution in [1.82, 2.24) is 20.2 Å². The lowest BCUT2D eigenvalue weighted by atomic mass is 10.0. The number of anilines is 3. The molecule has 6 rings (SSSR count). The van der Waals surface area contributed by atoms with E-state index in [4.69, 9.17) is 19.2 Å². The monoisotopic (exact) mass is 596 g/mol. The second-order valence-corrected chi connectivity index (χ2v) is 11.0. The molecule has 1 aromatic heterocycles. The minimum absolute atomic E-state index is 0.157. The molecule has 1 amide bonds. The van der Waals surface area contributed by atoms with Gasteiger partial charge in [0.05, 0.1) is 26.4 Å². The number of fused-ring (bicyclic) bond motifs is 1. The summed E-state index contributed by atoms with van der Waals surface area (Å²) in [6, 6.07) is 10.3. The molecule has 0 saturated carbocycles. The predicted molar refractivity (Wildman–Crippen MR) is 153 cm³/mol. The van der Waals surface area contributed by atoms with Gasteiger partial charge in [-0.15, -0.1) is 0 Å². The largest absolute Gasteiger partial charge is 0.488 e. The number of ether oxygens (including phenoxy) is 3. The van der Waals surface area contributed by atoms with Gasteiger partial charge in [-0.25, -0.2) is 9.97 Å². The Kier molecular flexibility index (Phi) is 8.10. The zero-order valence-electron chi connectivity index (χ0n) is 21.8. The van der Waals surface area contributed by atoms with Gasteiger partial charge in [0.15, 0.2) is 0 Å². The molecule has 39 heavy (non-hydrogen) atoms. The van der Waals surface area contributed by atoms with Gasteiger partial charge in [-0.1, -0.05) is 15.9 Å². The van der Waals surface area contributed by atoms with Crippen molar-refractivity contribution in [3.63, 3.8) is 0 Å². The third-order valence-corrected chi connectivity index (χ3v) is 7.84. The van der Waals surface area contributed by atoms with Crippen LogP contribution in [-0.4, -0.2) is 86.5 Å². The molecule has 3 aromatic rings. The number of aromatic nitrogens is 2. The Morgan fingerprint density at radius 1 is 1.08 bits per heavy atom. The third kappa shape index (κ3) is 6.27. The molecule has 3 fully saturated rings. The number of hydrogen-bond acceptors (Lipinski definition) is 9. The summed E-state index contributed by atoms with van der Waals surface area (Å²) in [6.45, 7) is 6.55. The van der Waals surface area contributed by atoms with Gasteiger partial charge in [-0.3, -0.25) is 4.79 Å². The van der Waals surface area contributed by atoms with E-state index in [0.29, 0.717) is 38.9 Å². The zero-order chi connectivity index (χ0) is 26.6. The summed E-state index contributed by atoms with van der Waals surface area (Å²) < 4.78 is 19.0. The number of carbonyl (C=O) groups excluding carboxylic acids is 1. The molecule has 10 nitrogen and oxygen atoms in total. The van der Waals surface area contributed by atoms with Crippen LogP contribution < -0.4 is 20.3 Å². The van der Waals surface area contributed by atoms with Gasteiger partial charge in [0.1, 0.15) is 23.5 Å². The van der Waals surface area contributed by atoms with E-state index in [-0.39, 0.29) is 12.2 Å². The van der Waals surface area contributed by atoms with E-state index in [0.717, 1.165) is 83.5 Å². The second kappa shape index (κ2) is 12.0. The number of halogens is 1. The maximum absolute atomic E-state index is 11.4. The molecule has 0 aliphatic carbocycles. The fraction of sp³-hybridized carbons (Fsp3) is 0.464. The van der Waals surface area contributed by atoms with Crippen LogP contribution in [0.1, 0.15) is 24.5 Å². The standard InChI is InChI=1S/C28H33BrN6O4/c29-21-11-20-16-31-28(33-27(20)25(14-21)39-24-1-3-30-4-2-24)32-22-12-19(26-17-34(18-36)5-10-38-26)13-23(15-22)35-6-8-37-9-7-35/h11-16,18,24,26,30H,1-10,17H2,(H,31,32,33). The summed E-state index contributed by atoms with van der Waals surface area (Å²) in [4.78, 5) is 25.0. The van der Waals surface area contributed by atoms with Crippen molar-refractivity contribution in [3.05, 3.63) is 46.6 Å². The molecule has 3 aliphatic rings. The molecule has 0 spiro atoms. The minimum atomic E-state index is -0.203. The average Bonchev–Trinajstić information content (AvgIpc) is 2.98. The SMILES string of the molecule is O=CN1CCOC(c2cc(Nc3ncc4cc(Br)cc(OC5CCNCC5)c4n3)cc(N3CCOCC3)c2)C1. The molecule has 3 saturated heterocycles. The molecule has 4 heterocycles. The number of nitrogens with one attached hydrogen (secondary N) is 2. The van der Waals surface area contributed by atoms with E-state index in [9.17, 15) is 4.79 Å². The van der Waals surface area contributed by atoms with Gasteiger partial charge < -0.3 is 34.6 Å². The molecular formula is C28H33BrN6O4. The normalized spacial score (nSPS) is 20.7. The van der Waals surface area contributed by atoms with Crippen LogP contribution in [0.25, 0.3) is 10.9 Å². The van der Waals surface area contributed by atoms with Gasteiger partial charge in [-0.2, -0.15) is 0 Å². The Labute approximate surface area is 236 Å². The molecule has 2 aromatic carbocycles. The summed E-state index contributed by atoms with van der Waals surface area (Å²) in [6.07, 6.45) is 4.60. The molecule has 206 valence electrons. The molecule has 2 N–H and O–H groups in total. The van der Waals surface area contributed by atoms with Gasteiger partial charge >= 0.3 is 0 Å². The first-order valence-corrected chi connectivity index (χ1v) is 14.3. The summed E-state index contributed by atoms with van der Waals surface area (Å²) in [5.74, 6) is 1.24. The van der Waals surface area contributed by atoms with E-state index >= 15 is 0 Å². The number of nitrogens with zero attached hydrogens (tertiary/aromatic N) is 4. The Balaban J connectivity index is 1.31. The average molecular weight is 598 g/mol. The molecular weight excluding hydrogens is 564 g/mol. The van der Waals surface area contributed by atoms with Crippen LogP contribution in [0.15, 0.2) is 41.0 Å². The number of benzene rings is 2. The topological polar surface area (TPSA) is 101 Å². The highest BCUT2D eigenvalue weighted by molar-refractivity contribution is 9.10. The highest BCUT2D eigenvalue weighted by Gasteiger charge is 2.24. The van der Waals surface area contributed by atoms with Gasteiger partial charge in [0, 0.05) is 47.1 Å². The summed E-state index contributed by atoms with van der Waals surface area (Å²) in [5, 5.41) is 7.72. The van der Waals surface area contributed by atoms with E-state index in [1.54, 1.807) is 4.90 Å². The van der Waals surface area contributed by atoms with Crippen LogP contribution in [0.4, 0.5) is 17.3 Å². The van der Waals surface area contributed by atoms with Crippen molar-refractivity contribution >= 4 is 50.6 Å². The van der Waals surface area contributed by atoms with Crippen molar-refractivity contribution < 1.29 is 19.0 Å². The fourth-order valence-corrected chi connectivity index (χ4v) is 5.77. The Morgan fingerprint density at radius 3 is 2.74 bits per heavy atom. The summed E-state index contributed by atoms with van der Waals surface area (Å²) in [5.41, 5.74) is 3.71. The summed E-state index contributed by atoms with van der Waals surface area (Å²) >= 11 is 3.61. The van der Waals surface area contributed by atoms with Crippen LogP contribution in [0.3, 0.4) is 0 Å².